The van der Waals surface area contributed by atoms with E-state index in [0.29, 0.717) is 32.1 Å². The lowest BCUT2D eigenvalue weighted by atomic mass is 9.46. The third-order valence-electron chi connectivity index (χ3n) is 7.06. The zero-order chi connectivity index (χ0) is 18.4. The van der Waals surface area contributed by atoms with E-state index in [1.54, 1.807) is 6.08 Å². The van der Waals surface area contributed by atoms with Crippen LogP contribution in [0.5, 0.6) is 0 Å². The number of aliphatic hydroxyl groups is 3. The quantitative estimate of drug-likeness (QED) is 0.517. The fourth-order valence-corrected chi connectivity index (χ4v) is 5.39. The maximum absolute atomic E-state index is 12.7. The molecule has 140 valence electrons. The highest BCUT2D eigenvalue weighted by molar-refractivity contribution is 5.92. The number of fused-ring (bicyclic) bond motifs is 1. The molecule has 2 saturated carbocycles. The van der Waals surface area contributed by atoms with Crippen molar-refractivity contribution in [1.29, 1.82) is 0 Å². The summed E-state index contributed by atoms with van der Waals surface area (Å²) in [6.45, 7) is 3.84. The lowest BCUT2D eigenvalue weighted by molar-refractivity contribution is -0.170. The van der Waals surface area contributed by atoms with Gasteiger partial charge in [-0.2, -0.15) is 0 Å². The highest BCUT2D eigenvalue weighted by atomic mass is 16.6. The topological polar surface area (TPSA) is 104 Å². The maximum atomic E-state index is 12.7. The smallest absolute Gasteiger partial charge is 0.336 e. The second-order valence-electron chi connectivity index (χ2n) is 8.34. The summed E-state index contributed by atoms with van der Waals surface area (Å²) < 4.78 is 4.83. The Morgan fingerprint density at radius 2 is 1.96 bits per heavy atom. The van der Waals surface area contributed by atoms with Crippen molar-refractivity contribution >= 4 is 11.8 Å². The molecule has 0 bridgehead atoms. The number of rotatable bonds is 3. The minimum atomic E-state index is -0.925. The first kappa shape index (κ1) is 18.5. The average molecular weight is 352 g/mol. The molecule has 1 aliphatic heterocycles. The summed E-state index contributed by atoms with van der Waals surface area (Å²) in [7, 11) is 0. The molecule has 0 radical (unpaired) electrons. The van der Waals surface area contributed by atoms with Gasteiger partial charge >= 0.3 is 5.97 Å². The van der Waals surface area contributed by atoms with Gasteiger partial charge < -0.3 is 20.1 Å². The SMILES string of the molecule is C[C@]1(CO)[C@@H]2CCC(=O)[C@@H](C/C=C3/C(=O)OC[C@H]3O)[C@]2(C)CC[C@H]1O. The molecule has 0 unspecified atom stereocenters. The molecular weight excluding hydrogens is 324 g/mol. The predicted molar refractivity (Wildman–Crippen MR) is 89.4 cm³/mol. The fourth-order valence-electron chi connectivity index (χ4n) is 5.39. The van der Waals surface area contributed by atoms with Crippen molar-refractivity contribution in [2.45, 2.75) is 58.2 Å². The van der Waals surface area contributed by atoms with Crippen molar-refractivity contribution in [1.82, 2.24) is 0 Å². The summed E-state index contributed by atoms with van der Waals surface area (Å²) in [6.07, 6.45) is 2.88. The molecule has 6 atom stereocenters. The monoisotopic (exact) mass is 352 g/mol. The highest BCUT2D eigenvalue weighted by Gasteiger charge is 2.58. The Hall–Kier alpha value is -1.24. The van der Waals surface area contributed by atoms with Crippen LogP contribution in [0.15, 0.2) is 11.6 Å². The molecule has 1 heterocycles. The van der Waals surface area contributed by atoms with E-state index in [1.165, 1.54) is 0 Å². The van der Waals surface area contributed by atoms with Crippen molar-refractivity contribution in [3.05, 3.63) is 11.6 Å². The van der Waals surface area contributed by atoms with Gasteiger partial charge in [0.2, 0.25) is 0 Å². The van der Waals surface area contributed by atoms with E-state index in [0.717, 1.165) is 0 Å². The van der Waals surface area contributed by atoms with Gasteiger partial charge in [0.15, 0.2) is 0 Å². The van der Waals surface area contributed by atoms with Crippen molar-refractivity contribution < 1.29 is 29.6 Å². The molecular formula is C19H28O6. The first-order chi connectivity index (χ1) is 11.7. The summed E-state index contributed by atoms with van der Waals surface area (Å²) in [4.78, 5) is 24.4. The van der Waals surface area contributed by atoms with Gasteiger partial charge in [0.1, 0.15) is 18.5 Å². The molecule has 6 nitrogen and oxygen atoms in total. The summed E-state index contributed by atoms with van der Waals surface area (Å²) in [6, 6.07) is 0. The maximum Gasteiger partial charge on any atom is 0.336 e. The van der Waals surface area contributed by atoms with E-state index in [2.05, 4.69) is 6.92 Å². The molecule has 3 aliphatic rings. The lowest BCUT2D eigenvalue weighted by Gasteiger charge is -2.58. The highest BCUT2D eigenvalue weighted by Crippen LogP contribution is 2.59. The molecule has 1 saturated heterocycles. The van der Waals surface area contributed by atoms with E-state index in [9.17, 15) is 24.9 Å². The van der Waals surface area contributed by atoms with Gasteiger partial charge in [-0.3, -0.25) is 4.79 Å². The molecule has 3 fully saturated rings. The van der Waals surface area contributed by atoms with Crippen molar-refractivity contribution in [2.75, 3.05) is 13.2 Å². The van der Waals surface area contributed by atoms with Crippen molar-refractivity contribution in [3.63, 3.8) is 0 Å². The molecule has 0 aromatic rings. The number of Topliss-reactive ketones (excluding diaryl/α,β-unsaturated/α-hetero) is 1. The van der Waals surface area contributed by atoms with Crippen LogP contribution in [0.4, 0.5) is 0 Å². The Labute approximate surface area is 147 Å². The fraction of sp³-hybridized carbons (Fsp3) is 0.789. The van der Waals surface area contributed by atoms with Gasteiger partial charge in [0.25, 0.3) is 0 Å². The number of aliphatic hydroxyl groups excluding tert-OH is 3. The Morgan fingerprint density at radius 1 is 1.24 bits per heavy atom. The summed E-state index contributed by atoms with van der Waals surface area (Å²) >= 11 is 0. The van der Waals surface area contributed by atoms with E-state index in [-0.39, 0.29) is 41.8 Å². The van der Waals surface area contributed by atoms with Gasteiger partial charge in [0, 0.05) is 17.8 Å². The predicted octanol–water partition coefficient (Wildman–Crippen LogP) is 0.975. The minimum Gasteiger partial charge on any atom is -0.459 e. The van der Waals surface area contributed by atoms with E-state index in [1.807, 2.05) is 6.92 Å². The van der Waals surface area contributed by atoms with Crippen molar-refractivity contribution in [2.24, 2.45) is 22.7 Å². The molecule has 0 aromatic carbocycles. The third kappa shape index (κ3) is 2.84. The number of esters is 1. The van der Waals surface area contributed by atoms with Crippen molar-refractivity contribution in [3.8, 4) is 0 Å². The van der Waals surface area contributed by atoms with Gasteiger partial charge in [-0.1, -0.05) is 19.9 Å². The van der Waals surface area contributed by atoms with Gasteiger partial charge in [-0.25, -0.2) is 4.79 Å². The van der Waals surface area contributed by atoms with Crippen LogP contribution in [-0.4, -0.2) is 52.5 Å². The standard InChI is InChI=1S/C19H28O6/c1-18-8-7-16(23)19(2,10-20)15(18)6-5-13(21)12(18)4-3-11-14(22)9-25-17(11)24/h3,12,14-16,20,22-23H,4-10H2,1-2H3/b11-3+/t12-,14-,15-,16-,18+,19+/m1/s1. The van der Waals surface area contributed by atoms with Crippen LogP contribution >= 0.6 is 0 Å². The summed E-state index contributed by atoms with van der Waals surface area (Å²) in [5.74, 6) is -0.599. The number of carbonyl (C=O) groups is 2. The number of hydrogen-bond acceptors (Lipinski definition) is 6. The molecule has 0 spiro atoms. The second-order valence-corrected chi connectivity index (χ2v) is 8.34. The summed E-state index contributed by atoms with van der Waals surface area (Å²) in [5, 5.41) is 30.2. The average Bonchev–Trinajstić information content (AvgIpc) is 2.89. The molecule has 3 rings (SSSR count). The lowest BCUT2D eigenvalue weighted by Crippen LogP contribution is -2.58. The van der Waals surface area contributed by atoms with Gasteiger partial charge in [-0.15, -0.1) is 0 Å². The van der Waals surface area contributed by atoms with E-state index < -0.39 is 23.6 Å². The van der Waals surface area contributed by atoms with E-state index >= 15 is 0 Å². The molecule has 0 aromatic heterocycles. The number of ketones is 1. The van der Waals surface area contributed by atoms with Crippen LogP contribution in [0.3, 0.4) is 0 Å². The minimum absolute atomic E-state index is 0.0298. The second kappa shape index (κ2) is 6.49. The number of cyclic esters (lactones) is 1. The van der Waals surface area contributed by atoms with Crippen LogP contribution < -0.4 is 0 Å². The van der Waals surface area contributed by atoms with Crippen LogP contribution in [0.1, 0.15) is 46.0 Å². The molecule has 2 aliphatic carbocycles. The number of allylic oxidation sites excluding steroid dienone is 1. The van der Waals surface area contributed by atoms with Gasteiger partial charge in [-0.05, 0) is 37.0 Å². The normalized spacial score (nSPS) is 46.2. The zero-order valence-corrected chi connectivity index (χ0v) is 14.9. The van der Waals surface area contributed by atoms with Crippen LogP contribution in [-0.2, 0) is 14.3 Å². The Balaban J connectivity index is 1.89. The molecule has 25 heavy (non-hydrogen) atoms. The first-order valence-corrected chi connectivity index (χ1v) is 9.11. The third-order valence-corrected chi connectivity index (χ3v) is 7.06. The van der Waals surface area contributed by atoms with E-state index in [4.69, 9.17) is 4.74 Å². The van der Waals surface area contributed by atoms with Crippen LogP contribution in [0.25, 0.3) is 0 Å². The summed E-state index contributed by atoms with van der Waals surface area (Å²) in [5.41, 5.74) is -0.721. The zero-order valence-electron chi connectivity index (χ0n) is 14.9. The molecule has 3 N–H and O–H groups in total. The van der Waals surface area contributed by atoms with Gasteiger partial charge in [0.05, 0.1) is 18.3 Å². The molecule has 6 heteroatoms. The van der Waals surface area contributed by atoms with Crippen LogP contribution in [0, 0.1) is 22.7 Å². The Bertz CT molecular complexity index is 599. The first-order valence-electron chi connectivity index (χ1n) is 9.11. The van der Waals surface area contributed by atoms with Crippen LogP contribution in [0.2, 0.25) is 0 Å². The largest absolute Gasteiger partial charge is 0.459 e. The number of ether oxygens (including phenoxy) is 1. The Kier molecular flexibility index (Phi) is 4.81. The number of carbonyl (C=O) groups excluding carboxylic acids is 2. The Morgan fingerprint density at radius 3 is 2.56 bits per heavy atom. The number of hydrogen-bond donors (Lipinski definition) is 3. The molecule has 0 amide bonds.